The largest absolute Gasteiger partial charge is 0.418 e. The molecular weight excluding hydrogens is 282 g/mol. The Hall–Kier alpha value is -1.24. The number of halogens is 4. The highest BCUT2D eigenvalue weighted by molar-refractivity contribution is 7.80. The Morgan fingerprint density at radius 1 is 1.37 bits per heavy atom. The molecule has 1 unspecified atom stereocenters. The molecule has 1 saturated heterocycles. The molecule has 0 spiro atoms. The van der Waals surface area contributed by atoms with Crippen molar-refractivity contribution in [2.45, 2.75) is 12.6 Å². The van der Waals surface area contributed by atoms with E-state index >= 15 is 0 Å². The molecule has 0 N–H and O–H groups in total. The predicted octanol–water partition coefficient (Wildman–Crippen LogP) is 3.13. The van der Waals surface area contributed by atoms with Crippen LogP contribution in [-0.2, 0) is 11.0 Å². The third-order valence-electron chi connectivity index (χ3n) is 3.02. The summed E-state index contributed by atoms with van der Waals surface area (Å²) in [5, 5.41) is 0. The first-order valence-electron chi connectivity index (χ1n) is 5.61. The van der Waals surface area contributed by atoms with Crippen LogP contribution in [0.4, 0.5) is 23.2 Å². The Morgan fingerprint density at radius 3 is 2.58 bits per heavy atom. The van der Waals surface area contributed by atoms with Crippen LogP contribution in [0.15, 0.2) is 18.2 Å². The molecule has 0 aliphatic carbocycles. The fourth-order valence-corrected chi connectivity index (χ4v) is 2.35. The fourth-order valence-electron chi connectivity index (χ4n) is 2.11. The van der Waals surface area contributed by atoms with E-state index in [1.165, 1.54) is 0 Å². The van der Waals surface area contributed by atoms with E-state index in [1.807, 2.05) is 0 Å². The zero-order chi connectivity index (χ0) is 14.2. The lowest BCUT2D eigenvalue weighted by atomic mass is 10.1. The van der Waals surface area contributed by atoms with Crippen LogP contribution >= 0.6 is 12.6 Å². The number of anilines is 1. The molecule has 1 atom stereocenters. The zero-order valence-corrected chi connectivity index (χ0v) is 10.6. The molecule has 1 aliphatic rings. The van der Waals surface area contributed by atoms with E-state index in [4.69, 9.17) is 0 Å². The minimum absolute atomic E-state index is 0.0815. The summed E-state index contributed by atoms with van der Waals surface area (Å²) in [5.74, 6) is -1.03. The van der Waals surface area contributed by atoms with Crippen LogP contribution in [0, 0.1) is 11.7 Å². The second kappa shape index (κ2) is 5.03. The van der Waals surface area contributed by atoms with Crippen molar-refractivity contribution in [2.75, 3.05) is 17.2 Å². The quantitative estimate of drug-likeness (QED) is 0.656. The molecule has 0 bridgehead atoms. The number of hydrogen-bond acceptors (Lipinski definition) is 2. The number of amides is 1. The fraction of sp³-hybridized carbons (Fsp3) is 0.417. The third kappa shape index (κ3) is 2.86. The molecule has 1 aromatic carbocycles. The van der Waals surface area contributed by atoms with E-state index in [2.05, 4.69) is 12.6 Å². The molecule has 0 aromatic heterocycles. The second-order valence-corrected chi connectivity index (χ2v) is 4.78. The smallest absolute Gasteiger partial charge is 0.311 e. The average molecular weight is 293 g/mol. The van der Waals surface area contributed by atoms with E-state index in [-0.39, 0.29) is 24.6 Å². The Bertz CT molecular complexity index is 503. The monoisotopic (exact) mass is 293 g/mol. The molecule has 1 amide bonds. The standard InChI is InChI=1S/C12H11F4NOS/c13-8-1-2-10(9(4-8)12(14,15)16)17-5-7(6-19)3-11(17)18/h1-2,4,7,19H,3,5-6H2. The minimum atomic E-state index is -4.70. The van der Waals surface area contributed by atoms with Gasteiger partial charge >= 0.3 is 6.18 Å². The summed E-state index contributed by atoms with van der Waals surface area (Å²) in [4.78, 5) is 12.8. The summed E-state index contributed by atoms with van der Waals surface area (Å²) in [7, 11) is 0. The van der Waals surface area contributed by atoms with Gasteiger partial charge in [-0.2, -0.15) is 25.8 Å². The van der Waals surface area contributed by atoms with Gasteiger partial charge in [-0.05, 0) is 29.9 Å². The normalized spacial score (nSPS) is 20.2. The molecule has 1 aromatic rings. The third-order valence-corrected chi connectivity index (χ3v) is 3.53. The van der Waals surface area contributed by atoms with Crippen molar-refractivity contribution in [2.24, 2.45) is 5.92 Å². The SMILES string of the molecule is O=C1CC(CS)CN1c1ccc(F)cc1C(F)(F)F. The van der Waals surface area contributed by atoms with Crippen molar-refractivity contribution in [1.82, 2.24) is 0 Å². The lowest BCUT2D eigenvalue weighted by Gasteiger charge is -2.21. The number of thiol groups is 1. The van der Waals surface area contributed by atoms with Gasteiger partial charge in [0.05, 0.1) is 11.3 Å². The molecule has 19 heavy (non-hydrogen) atoms. The molecule has 2 rings (SSSR count). The average Bonchev–Trinajstić information content (AvgIpc) is 2.69. The molecule has 1 fully saturated rings. The Labute approximate surface area is 112 Å². The topological polar surface area (TPSA) is 20.3 Å². The number of hydrogen-bond donors (Lipinski definition) is 1. The molecule has 1 aliphatic heterocycles. The van der Waals surface area contributed by atoms with Crippen LogP contribution < -0.4 is 4.90 Å². The number of carbonyl (C=O) groups excluding carboxylic acids is 1. The van der Waals surface area contributed by atoms with Crippen LogP contribution in [-0.4, -0.2) is 18.2 Å². The highest BCUT2D eigenvalue weighted by Crippen LogP contribution is 2.39. The first-order valence-corrected chi connectivity index (χ1v) is 6.24. The Morgan fingerprint density at radius 2 is 2.05 bits per heavy atom. The zero-order valence-electron chi connectivity index (χ0n) is 9.75. The highest BCUT2D eigenvalue weighted by Gasteiger charge is 2.39. The van der Waals surface area contributed by atoms with Gasteiger partial charge in [-0.3, -0.25) is 4.79 Å². The lowest BCUT2D eigenvalue weighted by Crippen LogP contribution is -2.27. The summed E-state index contributed by atoms with van der Waals surface area (Å²) in [6, 6.07) is 2.33. The molecule has 7 heteroatoms. The van der Waals surface area contributed by atoms with E-state index in [0.29, 0.717) is 11.8 Å². The molecule has 0 radical (unpaired) electrons. The van der Waals surface area contributed by atoms with Crippen LogP contribution in [0.2, 0.25) is 0 Å². The number of nitrogens with zero attached hydrogens (tertiary/aromatic N) is 1. The van der Waals surface area contributed by atoms with Gasteiger partial charge in [0.15, 0.2) is 0 Å². The maximum absolute atomic E-state index is 13.0. The van der Waals surface area contributed by atoms with E-state index < -0.39 is 23.5 Å². The van der Waals surface area contributed by atoms with Crippen LogP contribution in [0.3, 0.4) is 0 Å². The molecule has 1 heterocycles. The minimum Gasteiger partial charge on any atom is -0.311 e. The van der Waals surface area contributed by atoms with Crippen molar-refractivity contribution in [3.8, 4) is 0 Å². The number of carbonyl (C=O) groups is 1. The molecular formula is C12H11F4NOS. The summed E-state index contributed by atoms with van der Waals surface area (Å²) >= 11 is 4.05. The number of alkyl halides is 3. The van der Waals surface area contributed by atoms with Gasteiger partial charge in [-0.15, -0.1) is 0 Å². The summed E-state index contributed by atoms with van der Waals surface area (Å²) in [6.45, 7) is 0.178. The van der Waals surface area contributed by atoms with Crippen molar-refractivity contribution < 1.29 is 22.4 Å². The lowest BCUT2D eigenvalue weighted by molar-refractivity contribution is -0.137. The first-order chi connectivity index (χ1) is 8.82. The van der Waals surface area contributed by atoms with E-state index in [9.17, 15) is 22.4 Å². The van der Waals surface area contributed by atoms with Gasteiger partial charge in [0, 0.05) is 13.0 Å². The van der Waals surface area contributed by atoms with Crippen molar-refractivity contribution >= 4 is 24.2 Å². The number of rotatable bonds is 2. The summed E-state index contributed by atoms with van der Waals surface area (Å²) in [6.07, 6.45) is -4.53. The van der Waals surface area contributed by atoms with Gasteiger partial charge in [0.1, 0.15) is 5.82 Å². The van der Waals surface area contributed by atoms with Gasteiger partial charge < -0.3 is 4.90 Å². The highest BCUT2D eigenvalue weighted by atomic mass is 32.1. The van der Waals surface area contributed by atoms with Crippen LogP contribution in [0.25, 0.3) is 0 Å². The Balaban J connectivity index is 2.43. The summed E-state index contributed by atoms with van der Waals surface area (Å²) < 4.78 is 51.6. The van der Waals surface area contributed by atoms with Crippen molar-refractivity contribution in [3.63, 3.8) is 0 Å². The number of benzene rings is 1. The summed E-state index contributed by atoms with van der Waals surface area (Å²) in [5.41, 5.74) is -1.41. The first kappa shape index (κ1) is 14.2. The maximum atomic E-state index is 13.0. The Kier molecular flexibility index (Phi) is 3.75. The van der Waals surface area contributed by atoms with Crippen molar-refractivity contribution in [1.29, 1.82) is 0 Å². The van der Waals surface area contributed by atoms with E-state index in [1.54, 1.807) is 0 Å². The van der Waals surface area contributed by atoms with Gasteiger partial charge in [-0.1, -0.05) is 0 Å². The van der Waals surface area contributed by atoms with Gasteiger partial charge in [0.25, 0.3) is 0 Å². The van der Waals surface area contributed by atoms with E-state index in [0.717, 1.165) is 17.0 Å². The predicted molar refractivity (Wildman–Crippen MR) is 65.7 cm³/mol. The van der Waals surface area contributed by atoms with Crippen molar-refractivity contribution in [3.05, 3.63) is 29.6 Å². The van der Waals surface area contributed by atoms with Gasteiger partial charge in [-0.25, -0.2) is 4.39 Å². The second-order valence-electron chi connectivity index (χ2n) is 4.42. The van der Waals surface area contributed by atoms with Crippen LogP contribution in [0.5, 0.6) is 0 Å². The molecule has 2 nitrogen and oxygen atoms in total. The molecule has 0 saturated carbocycles. The van der Waals surface area contributed by atoms with Gasteiger partial charge in [0.2, 0.25) is 5.91 Å². The molecule has 104 valence electrons. The maximum Gasteiger partial charge on any atom is 0.418 e. The van der Waals surface area contributed by atoms with Crippen LogP contribution in [0.1, 0.15) is 12.0 Å².